The first-order valence-corrected chi connectivity index (χ1v) is 10.5. The normalized spacial score (nSPS) is 24.7. The van der Waals surface area contributed by atoms with E-state index in [0.717, 1.165) is 5.92 Å². The van der Waals surface area contributed by atoms with Crippen molar-refractivity contribution in [3.63, 3.8) is 0 Å². The van der Waals surface area contributed by atoms with E-state index in [2.05, 4.69) is 46.4 Å². The maximum atomic E-state index is 6.90. The topological polar surface area (TPSA) is 12.5 Å². The van der Waals surface area contributed by atoms with Gasteiger partial charge in [0.25, 0.3) is 0 Å². The Hall–Kier alpha value is -0.0800. The molecule has 138 valence electrons. The van der Waals surface area contributed by atoms with Gasteiger partial charge in [-0.25, -0.2) is 0 Å². The van der Waals surface area contributed by atoms with Crippen molar-refractivity contribution in [3.05, 3.63) is 0 Å². The highest BCUT2D eigenvalue weighted by atomic mass is 16.5. The van der Waals surface area contributed by atoms with E-state index in [4.69, 9.17) is 4.74 Å². The predicted octanol–water partition coefficient (Wildman–Crippen LogP) is 6.39. The van der Waals surface area contributed by atoms with Gasteiger partial charge >= 0.3 is 0 Å². The summed E-state index contributed by atoms with van der Waals surface area (Å²) in [4.78, 5) is 2.74. The maximum Gasteiger partial charge on any atom is 0.111 e. The Morgan fingerprint density at radius 3 is 1.96 bits per heavy atom. The van der Waals surface area contributed by atoms with Crippen LogP contribution in [0.3, 0.4) is 0 Å². The summed E-state index contributed by atoms with van der Waals surface area (Å²) in [5.41, 5.74) is 0.116. The van der Waals surface area contributed by atoms with E-state index >= 15 is 0 Å². The number of hydrogen-bond donors (Lipinski definition) is 0. The fourth-order valence-corrected chi connectivity index (χ4v) is 4.27. The quantitative estimate of drug-likeness (QED) is 0.412. The molecule has 23 heavy (non-hydrogen) atoms. The molecule has 1 fully saturated rings. The van der Waals surface area contributed by atoms with Crippen LogP contribution in [0.5, 0.6) is 0 Å². The van der Waals surface area contributed by atoms with Gasteiger partial charge in [-0.15, -0.1) is 0 Å². The fourth-order valence-electron chi connectivity index (χ4n) is 4.27. The third-order valence-corrected chi connectivity index (χ3v) is 5.37. The summed E-state index contributed by atoms with van der Waals surface area (Å²) in [7, 11) is 0. The number of nitrogens with zero attached hydrogens (tertiary/aromatic N) is 1. The van der Waals surface area contributed by atoms with Crippen molar-refractivity contribution in [2.45, 2.75) is 124 Å². The van der Waals surface area contributed by atoms with Gasteiger partial charge in [0.2, 0.25) is 0 Å². The largest absolute Gasteiger partial charge is 0.355 e. The highest BCUT2D eigenvalue weighted by Crippen LogP contribution is 2.44. The van der Waals surface area contributed by atoms with E-state index in [0.29, 0.717) is 12.3 Å². The van der Waals surface area contributed by atoms with Crippen molar-refractivity contribution in [3.8, 4) is 0 Å². The molecule has 2 heteroatoms. The van der Waals surface area contributed by atoms with Crippen LogP contribution in [0.2, 0.25) is 0 Å². The van der Waals surface area contributed by atoms with Gasteiger partial charge in [0.15, 0.2) is 0 Å². The van der Waals surface area contributed by atoms with Crippen LogP contribution < -0.4 is 0 Å². The monoisotopic (exact) mass is 325 g/mol. The summed E-state index contributed by atoms with van der Waals surface area (Å²) in [6, 6.07) is 0.622. The maximum absolute atomic E-state index is 6.90. The Morgan fingerprint density at radius 1 is 0.913 bits per heavy atom. The highest BCUT2D eigenvalue weighted by Gasteiger charge is 2.51. The van der Waals surface area contributed by atoms with Crippen LogP contribution in [0.1, 0.15) is 106 Å². The van der Waals surface area contributed by atoms with Crippen molar-refractivity contribution in [2.75, 3.05) is 6.54 Å². The van der Waals surface area contributed by atoms with Crippen LogP contribution >= 0.6 is 0 Å². The van der Waals surface area contributed by atoms with E-state index in [9.17, 15) is 0 Å². The zero-order valence-electron chi connectivity index (χ0n) is 16.9. The summed E-state index contributed by atoms with van der Waals surface area (Å²) in [6.45, 7) is 15.2. The number of unbranched alkanes of at least 4 members (excludes halogenated alkanes) is 2. The van der Waals surface area contributed by atoms with E-state index < -0.39 is 0 Å². The standard InChI is InChI=1S/C21H43NO/c1-7-11-14-21(15-12-8-2)19(17-18(5)6)22(16-10-4)20(23-21)13-9-3/h18-20H,7-17H2,1-6H3/t19-,20-/m0/s1. The van der Waals surface area contributed by atoms with Gasteiger partial charge in [-0.3, -0.25) is 4.90 Å². The molecule has 0 aromatic heterocycles. The first-order valence-electron chi connectivity index (χ1n) is 10.5. The van der Waals surface area contributed by atoms with Crippen molar-refractivity contribution >= 4 is 0 Å². The van der Waals surface area contributed by atoms with Crippen molar-refractivity contribution < 1.29 is 4.74 Å². The van der Waals surface area contributed by atoms with Gasteiger partial charge in [-0.05, 0) is 38.0 Å². The van der Waals surface area contributed by atoms with Crippen LogP contribution in [0.15, 0.2) is 0 Å². The van der Waals surface area contributed by atoms with E-state index in [1.807, 2.05) is 0 Å². The Morgan fingerprint density at radius 2 is 1.52 bits per heavy atom. The lowest BCUT2D eigenvalue weighted by molar-refractivity contribution is -0.0747. The Bertz CT molecular complexity index is 294. The molecule has 1 aliphatic rings. The lowest BCUT2D eigenvalue weighted by atomic mass is 9.80. The molecule has 0 amide bonds. The van der Waals surface area contributed by atoms with Gasteiger partial charge in [0.05, 0.1) is 5.60 Å². The van der Waals surface area contributed by atoms with Crippen LogP contribution in [-0.4, -0.2) is 29.3 Å². The fraction of sp³-hybridized carbons (Fsp3) is 1.00. The summed E-state index contributed by atoms with van der Waals surface area (Å²) in [6.07, 6.45) is 12.9. The minimum absolute atomic E-state index is 0.116. The van der Waals surface area contributed by atoms with E-state index in [-0.39, 0.29) is 5.60 Å². The lowest BCUT2D eigenvalue weighted by Gasteiger charge is -2.38. The molecule has 0 spiro atoms. The Labute approximate surface area is 146 Å². The molecular weight excluding hydrogens is 282 g/mol. The molecule has 2 atom stereocenters. The van der Waals surface area contributed by atoms with E-state index in [1.165, 1.54) is 70.8 Å². The van der Waals surface area contributed by atoms with Crippen LogP contribution in [0.25, 0.3) is 0 Å². The smallest absolute Gasteiger partial charge is 0.111 e. The third kappa shape index (κ3) is 5.74. The Kier molecular flexibility index (Phi) is 9.77. The van der Waals surface area contributed by atoms with Gasteiger partial charge in [0.1, 0.15) is 6.23 Å². The zero-order chi connectivity index (χ0) is 17.3. The van der Waals surface area contributed by atoms with Gasteiger partial charge in [0, 0.05) is 12.6 Å². The van der Waals surface area contributed by atoms with E-state index in [1.54, 1.807) is 0 Å². The minimum atomic E-state index is 0.116. The second-order valence-corrected chi connectivity index (χ2v) is 8.02. The first-order chi connectivity index (χ1) is 11.0. The SMILES string of the molecule is CCCCC1(CCCC)O[C@@H](CCC)N(CCC)[C@H]1CC(C)C. The molecule has 0 aliphatic carbocycles. The number of rotatable bonds is 12. The van der Waals surface area contributed by atoms with Crippen LogP contribution in [-0.2, 0) is 4.74 Å². The predicted molar refractivity (Wildman–Crippen MR) is 102 cm³/mol. The molecule has 1 rings (SSSR count). The van der Waals surface area contributed by atoms with Crippen LogP contribution in [0.4, 0.5) is 0 Å². The molecule has 2 nitrogen and oxygen atoms in total. The van der Waals surface area contributed by atoms with Crippen LogP contribution in [0, 0.1) is 5.92 Å². The highest BCUT2D eigenvalue weighted by molar-refractivity contribution is 5.01. The molecular formula is C21H43NO. The molecule has 0 unspecified atom stereocenters. The third-order valence-electron chi connectivity index (χ3n) is 5.37. The first kappa shape index (κ1) is 21.0. The van der Waals surface area contributed by atoms with Crippen molar-refractivity contribution in [1.29, 1.82) is 0 Å². The molecule has 0 aromatic carbocycles. The average molecular weight is 326 g/mol. The average Bonchev–Trinajstić information content (AvgIpc) is 2.78. The van der Waals surface area contributed by atoms with Gasteiger partial charge in [-0.2, -0.15) is 0 Å². The molecule has 1 heterocycles. The van der Waals surface area contributed by atoms with Crippen molar-refractivity contribution in [1.82, 2.24) is 4.90 Å². The molecule has 0 aromatic rings. The number of ether oxygens (including phenoxy) is 1. The molecule has 0 radical (unpaired) electrons. The second kappa shape index (κ2) is 10.7. The summed E-state index contributed by atoms with van der Waals surface area (Å²) >= 11 is 0. The molecule has 0 N–H and O–H groups in total. The zero-order valence-corrected chi connectivity index (χ0v) is 16.9. The lowest BCUT2D eigenvalue weighted by Crippen LogP contribution is -2.47. The molecule has 1 saturated heterocycles. The van der Waals surface area contributed by atoms with Gasteiger partial charge < -0.3 is 4.74 Å². The van der Waals surface area contributed by atoms with Gasteiger partial charge in [-0.1, -0.05) is 73.6 Å². The Balaban J connectivity index is 3.07. The van der Waals surface area contributed by atoms with Crippen molar-refractivity contribution in [2.24, 2.45) is 5.92 Å². The summed E-state index contributed by atoms with van der Waals surface area (Å²) in [5.74, 6) is 0.742. The molecule has 0 bridgehead atoms. The minimum Gasteiger partial charge on any atom is -0.355 e. The molecule has 1 aliphatic heterocycles. The number of hydrogen-bond acceptors (Lipinski definition) is 2. The molecule has 0 saturated carbocycles. The summed E-state index contributed by atoms with van der Waals surface area (Å²) in [5, 5.41) is 0. The second-order valence-electron chi connectivity index (χ2n) is 8.02. The summed E-state index contributed by atoms with van der Waals surface area (Å²) < 4.78 is 6.90.